The van der Waals surface area contributed by atoms with Crippen molar-refractivity contribution in [2.75, 3.05) is 20.2 Å². The molecule has 0 bridgehead atoms. The van der Waals surface area contributed by atoms with E-state index in [2.05, 4.69) is 11.8 Å². The van der Waals surface area contributed by atoms with Crippen molar-refractivity contribution in [1.29, 1.82) is 0 Å². The molecule has 1 aromatic carbocycles. The first kappa shape index (κ1) is 15.4. The molecule has 1 fully saturated rings. The van der Waals surface area contributed by atoms with Crippen LogP contribution in [-0.4, -0.2) is 42.3 Å². The molecule has 0 aliphatic heterocycles. The first-order valence-electron chi connectivity index (χ1n) is 7.39. The molecule has 110 valence electrons. The first-order valence-corrected chi connectivity index (χ1v) is 7.39. The molecule has 0 aromatic heterocycles. The number of ether oxygens (including phenoxy) is 1. The zero-order valence-electron chi connectivity index (χ0n) is 12.4. The highest BCUT2D eigenvalue weighted by Crippen LogP contribution is 2.28. The Morgan fingerprint density at radius 2 is 2.10 bits per heavy atom. The molecule has 0 amide bonds. The summed E-state index contributed by atoms with van der Waals surface area (Å²) < 4.78 is 5.38. The summed E-state index contributed by atoms with van der Waals surface area (Å²) in [5.41, 5.74) is 1.53. The Hall–Kier alpha value is -1.04. The van der Waals surface area contributed by atoms with Gasteiger partial charge >= 0.3 is 7.12 Å². The zero-order chi connectivity index (χ0) is 14.5. The van der Waals surface area contributed by atoms with E-state index in [1.165, 1.54) is 19.3 Å². The second kappa shape index (κ2) is 7.11. The molecule has 0 saturated heterocycles. The zero-order valence-corrected chi connectivity index (χ0v) is 12.4. The Bertz CT molecular complexity index is 435. The van der Waals surface area contributed by atoms with Gasteiger partial charge in [-0.25, -0.2) is 0 Å². The lowest BCUT2D eigenvalue weighted by Crippen LogP contribution is -2.34. The average molecular weight is 277 g/mol. The van der Waals surface area contributed by atoms with Gasteiger partial charge in [0, 0.05) is 18.7 Å². The number of hydrogen-bond donors (Lipinski definition) is 2. The van der Waals surface area contributed by atoms with E-state index in [1.807, 2.05) is 6.07 Å². The van der Waals surface area contributed by atoms with Crippen LogP contribution in [0.5, 0.6) is 5.75 Å². The number of nitrogens with zero attached hydrogens (tertiary/aromatic N) is 1. The molecular formula is C15H24BNO3. The smallest absolute Gasteiger partial charge is 0.488 e. The van der Waals surface area contributed by atoms with Crippen LogP contribution in [-0.2, 0) is 6.54 Å². The number of methoxy groups -OCH3 is 1. The van der Waals surface area contributed by atoms with Crippen LogP contribution in [0, 0.1) is 5.92 Å². The van der Waals surface area contributed by atoms with Gasteiger partial charge in [0.15, 0.2) is 0 Å². The summed E-state index contributed by atoms with van der Waals surface area (Å²) in [7, 11) is 0.220. The van der Waals surface area contributed by atoms with E-state index in [9.17, 15) is 10.0 Å². The minimum atomic E-state index is -1.43. The molecule has 0 spiro atoms. The van der Waals surface area contributed by atoms with Gasteiger partial charge in [0.1, 0.15) is 5.75 Å². The molecule has 0 atom stereocenters. The van der Waals surface area contributed by atoms with Crippen molar-refractivity contribution in [3.05, 3.63) is 23.8 Å². The fourth-order valence-corrected chi connectivity index (χ4v) is 2.67. The van der Waals surface area contributed by atoms with E-state index in [0.29, 0.717) is 5.46 Å². The molecule has 5 heteroatoms. The van der Waals surface area contributed by atoms with Crippen LogP contribution in [0.4, 0.5) is 0 Å². The van der Waals surface area contributed by atoms with Crippen LogP contribution in [0.15, 0.2) is 18.2 Å². The maximum atomic E-state index is 9.30. The third-order valence-electron chi connectivity index (χ3n) is 4.18. The topological polar surface area (TPSA) is 52.9 Å². The predicted molar refractivity (Wildman–Crippen MR) is 81.1 cm³/mol. The van der Waals surface area contributed by atoms with Gasteiger partial charge in [0.05, 0.1) is 7.11 Å². The Balaban J connectivity index is 2.09. The summed E-state index contributed by atoms with van der Waals surface area (Å²) >= 11 is 0. The monoisotopic (exact) mass is 277 g/mol. The molecule has 2 N–H and O–H groups in total. The molecule has 1 saturated carbocycles. The highest BCUT2D eigenvalue weighted by molar-refractivity contribution is 6.58. The van der Waals surface area contributed by atoms with Crippen molar-refractivity contribution in [2.45, 2.75) is 32.7 Å². The number of benzene rings is 1. The molecule has 0 unspecified atom stereocenters. The van der Waals surface area contributed by atoms with Gasteiger partial charge in [-0.1, -0.05) is 25.5 Å². The van der Waals surface area contributed by atoms with Crippen LogP contribution < -0.4 is 10.2 Å². The van der Waals surface area contributed by atoms with E-state index >= 15 is 0 Å². The van der Waals surface area contributed by atoms with Crippen LogP contribution in [0.1, 0.15) is 31.7 Å². The Kier molecular flexibility index (Phi) is 5.46. The third-order valence-corrected chi connectivity index (χ3v) is 4.18. The van der Waals surface area contributed by atoms with E-state index in [1.54, 1.807) is 19.2 Å². The van der Waals surface area contributed by atoms with Gasteiger partial charge in [-0.2, -0.15) is 0 Å². The van der Waals surface area contributed by atoms with Gasteiger partial charge in [-0.05, 0) is 36.8 Å². The maximum Gasteiger partial charge on any atom is 0.488 e. The van der Waals surface area contributed by atoms with E-state index in [0.717, 1.165) is 36.9 Å². The van der Waals surface area contributed by atoms with E-state index in [4.69, 9.17) is 4.74 Å². The fraction of sp³-hybridized carbons (Fsp3) is 0.600. The largest absolute Gasteiger partial charge is 0.496 e. The lowest BCUT2D eigenvalue weighted by Gasteiger charge is -2.32. The maximum absolute atomic E-state index is 9.30. The number of rotatable bonds is 7. The van der Waals surface area contributed by atoms with Gasteiger partial charge in [-0.15, -0.1) is 0 Å². The van der Waals surface area contributed by atoms with Crippen molar-refractivity contribution in [1.82, 2.24) is 4.90 Å². The summed E-state index contributed by atoms with van der Waals surface area (Å²) in [5.74, 6) is 1.63. The average Bonchev–Trinajstić information content (AvgIpc) is 2.40. The summed E-state index contributed by atoms with van der Waals surface area (Å²) in [6.07, 6.45) is 4.03. The Morgan fingerprint density at radius 3 is 2.60 bits per heavy atom. The van der Waals surface area contributed by atoms with Crippen LogP contribution in [0.25, 0.3) is 0 Å². The molecular weight excluding hydrogens is 253 g/mol. The van der Waals surface area contributed by atoms with Crippen molar-refractivity contribution in [3.63, 3.8) is 0 Å². The van der Waals surface area contributed by atoms with E-state index < -0.39 is 7.12 Å². The Morgan fingerprint density at radius 1 is 1.35 bits per heavy atom. The Labute approximate surface area is 121 Å². The predicted octanol–water partition coefficient (Wildman–Crippen LogP) is 0.997. The van der Waals surface area contributed by atoms with Crippen molar-refractivity contribution < 1.29 is 14.8 Å². The van der Waals surface area contributed by atoms with Gasteiger partial charge in [0.25, 0.3) is 0 Å². The molecule has 0 heterocycles. The lowest BCUT2D eigenvalue weighted by molar-refractivity contribution is 0.177. The van der Waals surface area contributed by atoms with Crippen LogP contribution in [0.2, 0.25) is 0 Å². The highest BCUT2D eigenvalue weighted by atomic mass is 16.5. The number of hydrogen-bond acceptors (Lipinski definition) is 4. The molecule has 4 nitrogen and oxygen atoms in total. The fourth-order valence-electron chi connectivity index (χ4n) is 2.67. The van der Waals surface area contributed by atoms with Crippen LogP contribution >= 0.6 is 0 Å². The van der Waals surface area contributed by atoms with Crippen LogP contribution in [0.3, 0.4) is 0 Å². The summed E-state index contributed by atoms with van der Waals surface area (Å²) in [6, 6.07) is 5.32. The SMILES string of the molecule is CCN(Cc1cc(B(O)O)ccc1OC)CC1CCC1. The van der Waals surface area contributed by atoms with Crippen molar-refractivity contribution in [3.8, 4) is 5.75 Å². The summed E-state index contributed by atoms with van der Waals surface area (Å²) in [6.45, 7) is 5.06. The molecule has 20 heavy (non-hydrogen) atoms. The summed E-state index contributed by atoms with van der Waals surface area (Å²) in [4.78, 5) is 2.40. The highest BCUT2D eigenvalue weighted by Gasteiger charge is 2.21. The normalized spacial score (nSPS) is 15.2. The molecule has 1 aliphatic rings. The second-order valence-corrected chi connectivity index (χ2v) is 5.57. The minimum Gasteiger partial charge on any atom is -0.496 e. The molecule has 1 aliphatic carbocycles. The van der Waals surface area contributed by atoms with Crippen molar-refractivity contribution >= 4 is 12.6 Å². The minimum absolute atomic E-state index is 0.514. The lowest BCUT2D eigenvalue weighted by atomic mass is 9.79. The van der Waals surface area contributed by atoms with Gasteiger partial charge < -0.3 is 14.8 Å². The van der Waals surface area contributed by atoms with Crippen molar-refractivity contribution in [2.24, 2.45) is 5.92 Å². The van der Waals surface area contributed by atoms with Gasteiger partial charge in [0.2, 0.25) is 0 Å². The quantitative estimate of drug-likeness (QED) is 0.730. The molecule has 0 radical (unpaired) electrons. The summed E-state index contributed by atoms with van der Waals surface area (Å²) in [5, 5.41) is 18.6. The molecule has 2 rings (SSSR count). The first-order chi connectivity index (χ1) is 9.63. The third kappa shape index (κ3) is 3.75. The molecule has 1 aromatic rings. The van der Waals surface area contributed by atoms with E-state index in [-0.39, 0.29) is 0 Å². The van der Waals surface area contributed by atoms with Gasteiger partial charge in [-0.3, -0.25) is 4.90 Å². The second-order valence-electron chi connectivity index (χ2n) is 5.57. The standard InChI is InChI=1S/C15H24BNO3/c1-3-17(10-12-5-4-6-12)11-13-9-14(16(18)19)7-8-15(13)20-2/h7-9,12,18-19H,3-6,10-11H2,1-2H3.